The molecule has 0 aromatic heterocycles. The van der Waals surface area contributed by atoms with Crippen LogP contribution in [0.25, 0.3) is 0 Å². The Labute approximate surface area is 99.6 Å². The van der Waals surface area contributed by atoms with Gasteiger partial charge in [0.1, 0.15) is 6.10 Å². The zero-order valence-electron chi connectivity index (χ0n) is 11.2. The molecule has 1 rings (SSSR count). The molecule has 16 heavy (non-hydrogen) atoms. The van der Waals surface area contributed by atoms with Crippen molar-refractivity contribution in [3.8, 4) is 0 Å². The van der Waals surface area contributed by atoms with Crippen LogP contribution in [0.3, 0.4) is 0 Å². The van der Waals surface area contributed by atoms with Crippen molar-refractivity contribution in [2.75, 3.05) is 0 Å². The van der Waals surface area contributed by atoms with E-state index in [-0.39, 0.29) is 23.4 Å². The van der Waals surface area contributed by atoms with Crippen LogP contribution < -0.4 is 0 Å². The number of epoxide rings is 1. The van der Waals surface area contributed by atoms with Crippen molar-refractivity contribution in [2.45, 2.75) is 70.6 Å². The minimum Gasteiger partial charge on any atom is -0.414 e. The van der Waals surface area contributed by atoms with Gasteiger partial charge in [-0.1, -0.05) is 20.8 Å². The number of hydrogen-bond donors (Lipinski definition) is 0. The summed E-state index contributed by atoms with van der Waals surface area (Å²) in [4.78, 5) is 10.4. The molecule has 1 heterocycles. The van der Waals surface area contributed by atoms with Gasteiger partial charge in [0.15, 0.2) is 14.6 Å². The number of carbonyl (C=O) groups is 1. The summed E-state index contributed by atoms with van der Waals surface area (Å²) in [6, 6.07) is 0. The highest BCUT2D eigenvalue weighted by atomic mass is 28.4. The average molecular weight is 244 g/mol. The van der Waals surface area contributed by atoms with Crippen LogP contribution in [0.1, 0.15) is 34.1 Å². The Morgan fingerprint density at radius 1 is 1.44 bits per heavy atom. The van der Waals surface area contributed by atoms with Crippen LogP contribution in [0.15, 0.2) is 0 Å². The molecule has 0 saturated carbocycles. The predicted molar refractivity (Wildman–Crippen MR) is 67.1 cm³/mol. The van der Waals surface area contributed by atoms with Crippen LogP contribution in [0, 0.1) is 0 Å². The Hall–Kier alpha value is -0.193. The van der Waals surface area contributed by atoms with Crippen LogP contribution in [0.4, 0.5) is 0 Å². The maximum Gasteiger partial charge on any atom is 0.192 e. The third-order valence-electron chi connectivity index (χ3n) is 3.62. The van der Waals surface area contributed by atoms with Gasteiger partial charge in [0, 0.05) is 12.5 Å². The molecule has 0 aromatic carbocycles. The Kier molecular flexibility index (Phi) is 3.98. The van der Waals surface area contributed by atoms with Gasteiger partial charge in [-0.05, 0) is 25.1 Å². The zero-order valence-corrected chi connectivity index (χ0v) is 12.2. The maximum atomic E-state index is 10.4. The van der Waals surface area contributed by atoms with E-state index < -0.39 is 8.32 Å². The lowest BCUT2D eigenvalue weighted by Crippen LogP contribution is -2.43. The SMILES string of the molecule is C[C@H](C[C@H]1O[C@@H]1C=O)O[Si](C)(C)C(C)(C)C. The van der Waals surface area contributed by atoms with Gasteiger partial charge >= 0.3 is 0 Å². The molecule has 0 aromatic rings. The highest BCUT2D eigenvalue weighted by Gasteiger charge is 2.42. The van der Waals surface area contributed by atoms with Crippen molar-refractivity contribution in [3.05, 3.63) is 0 Å². The third-order valence-corrected chi connectivity index (χ3v) is 8.23. The summed E-state index contributed by atoms with van der Waals surface area (Å²) in [5.41, 5.74) is 0. The summed E-state index contributed by atoms with van der Waals surface area (Å²) in [5.74, 6) is 0. The quantitative estimate of drug-likeness (QED) is 0.424. The fourth-order valence-electron chi connectivity index (χ4n) is 1.52. The molecule has 0 radical (unpaired) electrons. The number of hydrogen-bond acceptors (Lipinski definition) is 3. The first-order valence-electron chi connectivity index (χ1n) is 5.96. The van der Waals surface area contributed by atoms with Crippen LogP contribution in [-0.4, -0.2) is 32.9 Å². The Bertz CT molecular complexity index is 257. The van der Waals surface area contributed by atoms with E-state index in [9.17, 15) is 4.79 Å². The Morgan fingerprint density at radius 3 is 2.38 bits per heavy atom. The summed E-state index contributed by atoms with van der Waals surface area (Å²) < 4.78 is 11.4. The molecular weight excluding hydrogens is 220 g/mol. The van der Waals surface area contributed by atoms with Crippen molar-refractivity contribution in [1.82, 2.24) is 0 Å². The van der Waals surface area contributed by atoms with E-state index in [2.05, 4.69) is 40.8 Å². The smallest absolute Gasteiger partial charge is 0.192 e. The lowest BCUT2D eigenvalue weighted by atomic mass is 10.2. The van der Waals surface area contributed by atoms with Gasteiger partial charge < -0.3 is 14.0 Å². The first-order valence-corrected chi connectivity index (χ1v) is 8.87. The monoisotopic (exact) mass is 244 g/mol. The maximum absolute atomic E-state index is 10.4. The summed E-state index contributed by atoms with van der Waals surface area (Å²) in [6.45, 7) is 13.3. The fraction of sp³-hybridized carbons (Fsp3) is 0.917. The highest BCUT2D eigenvalue weighted by Crippen LogP contribution is 2.38. The predicted octanol–water partition coefficient (Wildman–Crippen LogP) is 2.75. The lowest BCUT2D eigenvalue weighted by Gasteiger charge is -2.38. The molecule has 1 saturated heterocycles. The van der Waals surface area contributed by atoms with Gasteiger partial charge in [-0.2, -0.15) is 0 Å². The van der Waals surface area contributed by atoms with Crippen LogP contribution in [0.5, 0.6) is 0 Å². The van der Waals surface area contributed by atoms with Crippen molar-refractivity contribution in [1.29, 1.82) is 0 Å². The van der Waals surface area contributed by atoms with Gasteiger partial charge in [-0.25, -0.2) is 0 Å². The second-order valence-electron chi connectivity index (χ2n) is 6.20. The molecule has 0 spiro atoms. The minimum absolute atomic E-state index is 0.0947. The summed E-state index contributed by atoms with van der Waals surface area (Å²) in [7, 11) is -1.68. The first-order chi connectivity index (χ1) is 7.17. The average Bonchev–Trinajstić information content (AvgIpc) is 2.79. The molecule has 4 heteroatoms. The molecule has 0 N–H and O–H groups in total. The number of rotatable bonds is 5. The van der Waals surface area contributed by atoms with Crippen LogP contribution in [0.2, 0.25) is 18.1 Å². The van der Waals surface area contributed by atoms with E-state index in [4.69, 9.17) is 9.16 Å². The molecular formula is C12H24O3Si. The normalized spacial score (nSPS) is 27.6. The first kappa shape index (κ1) is 13.9. The van der Waals surface area contributed by atoms with E-state index in [1.165, 1.54) is 0 Å². The van der Waals surface area contributed by atoms with Gasteiger partial charge in [0.2, 0.25) is 0 Å². The van der Waals surface area contributed by atoms with E-state index in [1.807, 2.05) is 0 Å². The van der Waals surface area contributed by atoms with E-state index in [0.29, 0.717) is 0 Å². The molecule has 1 fully saturated rings. The third kappa shape index (κ3) is 3.40. The van der Waals surface area contributed by atoms with Crippen molar-refractivity contribution >= 4 is 14.6 Å². The van der Waals surface area contributed by atoms with Crippen LogP contribution in [-0.2, 0) is 14.0 Å². The standard InChI is InChI=1S/C12H24O3Si/c1-9(7-10-11(8-13)14-10)15-16(5,6)12(2,3)4/h8-11H,7H2,1-6H3/t9-,10-,11-/m1/s1. The van der Waals surface area contributed by atoms with E-state index in [0.717, 1.165) is 12.7 Å². The summed E-state index contributed by atoms with van der Waals surface area (Å²) >= 11 is 0. The van der Waals surface area contributed by atoms with Gasteiger partial charge in [-0.3, -0.25) is 0 Å². The van der Waals surface area contributed by atoms with Gasteiger partial charge in [-0.15, -0.1) is 0 Å². The molecule has 0 bridgehead atoms. The van der Waals surface area contributed by atoms with Crippen LogP contribution >= 0.6 is 0 Å². The molecule has 3 nitrogen and oxygen atoms in total. The Balaban J connectivity index is 2.39. The Morgan fingerprint density at radius 2 is 2.00 bits per heavy atom. The molecule has 0 unspecified atom stereocenters. The summed E-state index contributed by atoms with van der Waals surface area (Å²) in [5, 5.41) is 0.232. The van der Waals surface area contributed by atoms with Crippen molar-refractivity contribution in [2.24, 2.45) is 0 Å². The molecule has 0 aliphatic carbocycles. The summed E-state index contributed by atoms with van der Waals surface area (Å²) in [6.07, 6.45) is 1.80. The molecule has 0 amide bonds. The second kappa shape index (κ2) is 4.59. The largest absolute Gasteiger partial charge is 0.414 e. The number of aldehydes is 1. The molecule has 1 aliphatic heterocycles. The van der Waals surface area contributed by atoms with Gasteiger partial charge in [0.05, 0.1) is 6.10 Å². The van der Waals surface area contributed by atoms with Crippen molar-refractivity contribution in [3.63, 3.8) is 0 Å². The van der Waals surface area contributed by atoms with Crippen molar-refractivity contribution < 1.29 is 14.0 Å². The van der Waals surface area contributed by atoms with E-state index in [1.54, 1.807) is 0 Å². The molecule has 94 valence electrons. The number of carbonyl (C=O) groups excluding carboxylic acids is 1. The highest BCUT2D eigenvalue weighted by molar-refractivity contribution is 6.74. The molecule has 1 aliphatic rings. The van der Waals surface area contributed by atoms with E-state index >= 15 is 0 Å². The molecule has 3 atom stereocenters. The second-order valence-corrected chi connectivity index (χ2v) is 11.0. The van der Waals surface area contributed by atoms with Gasteiger partial charge in [0.25, 0.3) is 0 Å². The topological polar surface area (TPSA) is 38.8 Å². The number of ether oxygens (including phenoxy) is 1. The zero-order chi connectivity index (χ0) is 12.6. The lowest BCUT2D eigenvalue weighted by molar-refractivity contribution is -0.108. The fourth-order valence-corrected chi connectivity index (χ4v) is 2.98. The minimum atomic E-state index is -1.68.